The van der Waals surface area contributed by atoms with Gasteiger partial charge < -0.3 is 9.84 Å². The van der Waals surface area contributed by atoms with E-state index in [2.05, 4.69) is 4.98 Å². The molecule has 0 aliphatic carbocycles. The number of aliphatic hydroxyl groups is 1. The van der Waals surface area contributed by atoms with Gasteiger partial charge in [-0.2, -0.15) is 0 Å². The summed E-state index contributed by atoms with van der Waals surface area (Å²) in [5.74, 6) is 0.713. The number of nitro groups is 1. The molecule has 6 heteroatoms. The second-order valence-electron chi connectivity index (χ2n) is 4.87. The van der Waals surface area contributed by atoms with E-state index in [1.54, 1.807) is 32.0 Å². The molecule has 0 aliphatic rings. The van der Waals surface area contributed by atoms with Crippen LogP contribution in [-0.4, -0.2) is 15.0 Å². The molecule has 0 radical (unpaired) electrons. The Morgan fingerprint density at radius 1 is 1.29 bits per heavy atom. The molecule has 0 spiro atoms. The molecule has 110 valence electrons. The minimum absolute atomic E-state index is 0.0104. The van der Waals surface area contributed by atoms with E-state index in [0.29, 0.717) is 22.8 Å². The quantitative estimate of drug-likeness (QED) is 0.688. The van der Waals surface area contributed by atoms with Gasteiger partial charge in [0, 0.05) is 17.8 Å². The molecular formula is C15H16N2O4. The molecule has 0 bridgehead atoms. The predicted octanol–water partition coefficient (Wildman–Crippen LogP) is 3.45. The zero-order valence-electron chi connectivity index (χ0n) is 12.0. The second-order valence-corrected chi connectivity index (χ2v) is 4.87. The van der Waals surface area contributed by atoms with Gasteiger partial charge in [-0.1, -0.05) is 0 Å². The van der Waals surface area contributed by atoms with Crippen molar-refractivity contribution in [2.45, 2.75) is 26.9 Å². The molecule has 0 unspecified atom stereocenters. The number of ether oxygens (including phenoxy) is 1. The Morgan fingerprint density at radius 2 is 2.00 bits per heavy atom. The predicted molar refractivity (Wildman–Crippen MR) is 77.5 cm³/mol. The number of nitro benzene ring substituents is 1. The monoisotopic (exact) mass is 288 g/mol. The molecule has 1 aromatic carbocycles. The van der Waals surface area contributed by atoms with Crippen molar-refractivity contribution in [3.05, 3.63) is 57.3 Å². The maximum Gasteiger partial charge on any atom is 0.276 e. The third kappa shape index (κ3) is 3.35. The van der Waals surface area contributed by atoms with Gasteiger partial charge >= 0.3 is 0 Å². The lowest BCUT2D eigenvalue weighted by Gasteiger charge is -2.10. The Kier molecular flexibility index (Phi) is 4.18. The summed E-state index contributed by atoms with van der Waals surface area (Å²) < 4.78 is 5.59. The highest BCUT2D eigenvalue weighted by Crippen LogP contribution is 2.31. The van der Waals surface area contributed by atoms with Crippen LogP contribution in [0.1, 0.15) is 29.7 Å². The summed E-state index contributed by atoms with van der Waals surface area (Å²) in [7, 11) is 0. The molecule has 1 atom stereocenters. The highest BCUT2D eigenvalue weighted by atomic mass is 16.6. The van der Waals surface area contributed by atoms with E-state index < -0.39 is 11.0 Å². The summed E-state index contributed by atoms with van der Waals surface area (Å²) in [6.45, 7) is 5.14. The Balaban J connectivity index is 2.30. The summed E-state index contributed by atoms with van der Waals surface area (Å²) in [4.78, 5) is 14.6. The lowest BCUT2D eigenvalue weighted by molar-refractivity contribution is -0.385. The van der Waals surface area contributed by atoms with E-state index in [9.17, 15) is 15.2 Å². The first kappa shape index (κ1) is 14.9. The van der Waals surface area contributed by atoms with Gasteiger partial charge in [-0.15, -0.1) is 0 Å². The van der Waals surface area contributed by atoms with Gasteiger partial charge in [0.15, 0.2) is 0 Å². The number of hydrogen-bond acceptors (Lipinski definition) is 5. The van der Waals surface area contributed by atoms with E-state index in [4.69, 9.17) is 4.74 Å². The molecule has 0 saturated heterocycles. The molecule has 2 rings (SSSR count). The van der Waals surface area contributed by atoms with Crippen LogP contribution < -0.4 is 4.74 Å². The second kappa shape index (κ2) is 5.88. The van der Waals surface area contributed by atoms with Crippen LogP contribution in [0.3, 0.4) is 0 Å². The summed E-state index contributed by atoms with van der Waals surface area (Å²) in [6.07, 6.45) is 0.909. The molecule has 6 nitrogen and oxygen atoms in total. The number of rotatable bonds is 4. The summed E-state index contributed by atoms with van der Waals surface area (Å²) >= 11 is 0. The lowest BCUT2D eigenvalue weighted by atomic mass is 10.1. The third-order valence-corrected chi connectivity index (χ3v) is 3.15. The molecule has 21 heavy (non-hydrogen) atoms. The Hall–Kier alpha value is -2.47. The maximum absolute atomic E-state index is 11.0. The summed E-state index contributed by atoms with van der Waals surface area (Å²) in [5, 5.41) is 20.4. The van der Waals surface area contributed by atoms with Gasteiger partial charge in [0.1, 0.15) is 5.75 Å². The standard InChI is InChI=1S/C15H16N2O4/c1-9-6-10(2)14(7-13(9)17(19)20)21-15-5-4-12(8-16-15)11(3)18/h4-8,11,18H,1-3H3/t11-/m1/s1. The number of nitrogens with zero attached hydrogens (tertiary/aromatic N) is 2. The Bertz CT molecular complexity index is 666. The molecule has 1 aromatic heterocycles. The summed E-state index contributed by atoms with van der Waals surface area (Å²) in [6, 6.07) is 6.42. The van der Waals surface area contributed by atoms with E-state index in [0.717, 1.165) is 5.56 Å². The number of aromatic nitrogens is 1. The van der Waals surface area contributed by atoms with Crippen molar-refractivity contribution in [2.75, 3.05) is 0 Å². The van der Waals surface area contributed by atoms with Gasteiger partial charge in [-0.3, -0.25) is 10.1 Å². The largest absolute Gasteiger partial charge is 0.439 e. The van der Waals surface area contributed by atoms with E-state index >= 15 is 0 Å². The van der Waals surface area contributed by atoms with Crippen LogP contribution in [-0.2, 0) is 0 Å². The Morgan fingerprint density at radius 3 is 2.52 bits per heavy atom. The van der Waals surface area contributed by atoms with Crippen LogP contribution in [0, 0.1) is 24.0 Å². The SMILES string of the molecule is Cc1cc(C)c([N+](=O)[O-])cc1Oc1ccc([C@@H](C)O)cn1. The topological polar surface area (TPSA) is 85.5 Å². The molecule has 0 amide bonds. The fourth-order valence-corrected chi connectivity index (χ4v) is 1.94. The molecule has 1 N–H and O–H groups in total. The molecule has 2 aromatic rings. The van der Waals surface area contributed by atoms with Crippen molar-refractivity contribution in [2.24, 2.45) is 0 Å². The highest BCUT2D eigenvalue weighted by molar-refractivity contribution is 5.50. The fraction of sp³-hybridized carbons (Fsp3) is 0.267. The van der Waals surface area contributed by atoms with Gasteiger partial charge in [0.2, 0.25) is 5.88 Å². The molecule has 0 saturated carbocycles. The molecule has 1 heterocycles. The van der Waals surface area contributed by atoms with Crippen molar-refractivity contribution in [1.82, 2.24) is 4.98 Å². The minimum atomic E-state index is -0.603. The van der Waals surface area contributed by atoms with Crippen LogP contribution >= 0.6 is 0 Å². The molecular weight excluding hydrogens is 272 g/mol. The fourth-order valence-electron chi connectivity index (χ4n) is 1.94. The zero-order valence-corrected chi connectivity index (χ0v) is 12.0. The highest BCUT2D eigenvalue weighted by Gasteiger charge is 2.15. The van der Waals surface area contributed by atoms with Gasteiger partial charge in [0.05, 0.1) is 17.1 Å². The minimum Gasteiger partial charge on any atom is -0.439 e. The van der Waals surface area contributed by atoms with Crippen LogP contribution in [0.25, 0.3) is 0 Å². The van der Waals surface area contributed by atoms with E-state index in [1.165, 1.54) is 12.3 Å². The van der Waals surface area contributed by atoms with Crippen LogP contribution in [0.15, 0.2) is 30.5 Å². The normalized spacial score (nSPS) is 12.0. The van der Waals surface area contributed by atoms with Crippen molar-refractivity contribution >= 4 is 5.69 Å². The van der Waals surface area contributed by atoms with Gasteiger partial charge in [-0.05, 0) is 44.0 Å². The first-order valence-electron chi connectivity index (χ1n) is 6.46. The lowest BCUT2D eigenvalue weighted by Crippen LogP contribution is -1.97. The maximum atomic E-state index is 11.0. The van der Waals surface area contributed by atoms with Crippen molar-refractivity contribution < 1.29 is 14.8 Å². The molecule has 0 aliphatic heterocycles. The van der Waals surface area contributed by atoms with E-state index in [1.807, 2.05) is 6.92 Å². The Labute approximate surface area is 122 Å². The van der Waals surface area contributed by atoms with E-state index in [-0.39, 0.29) is 5.69 Å². The number of aliphatic hydroxyl groups excluding tert-OH is 1. The zero-order chi connectivity index (χ0) is 15.6. The van der Waals surface area contributed by atoms with Gasteiger partial charge in [0.25, 0.3) is 5.69 Å². The number of aryl methyl sites for hydroxylation is 2. The average Bonchev–Trinajstić information content (AvgIpc) is 2.42. The first-order valence-corrected chi connectivity index (χ1v) is 6.46. The van der Waals surface area contributed by atoms with Gasteiger partial charge in [-0.25, -0.2) is 4.98 Å². The van der Waals surface area contributed by atoms with Crippen molar-refractivity contribution in [3.8, 4) is 11.6 Å². The van der Waals surface area contributed by atoms with Crippen LogP contribution in [0.2, 0.25) is 0 Å². The van der Waals surface area contributed by atoms with Crippen molar-refractivity contribution in [1.29, 1.82) is 0 Å². The smallest absolute Gasteiger partial charge is 0.276 e. The number of hydrogen-bond donors (Lipinski definition) is 1. The third-order valence-electron chi connectivity index (χ3n) is 3.15. The first-order chi connectivity index (χ1) is 9.88. The summed E-state index contributed by atoms with van der Waals surface area (Å²) in [5.41, 5.74) is 2.06. The van der Waals surface area contributed by atoms with Crippen LogP contribution in [0.4, 0.5) is 5.69 Å². The average molecular weight is 288 g/mol. The van der Waals surface area contributed by atoms with Crippen LogP contribution in [0.5, 0.6) is 11.6 Å². The number of pyridine rings is 1. The molecule has 0 fully saturated rings. The number of benzene rings is 1. The van der Waals surface area contributed by atoms with Crippen molar-refractivity contribution in [3.63, 3.8) is 0 Å².